The van der Waals surface area contributed by atoms with Crippen LogP contribution in [-0.4, -0.2) is 44.3 Å². The average Bonchev–Trinajstić information content (AvgIpc) is 2.89. The van der Waals surface area contributed by atoms with Crippen molar-refractivity contribution in [1.29, 1.82) is 0 Å². The average molecular weight is 508 g/mol. The summed E-state index contributed by atoms with van der Waals surface area (Å²) in [5.41, 5.74) is 1.87. The molecule has 0 saturated heterocycles. The molecule has 2 atom stereocenters. The van der Waals surface area contributed by atoms with Gasteiger partial charge in [0.1, 0.15) is 11.3 Å². The monoisotopic (exact) mass is 507 g/mol. The number of carboxylic acid groups (broad SMARTS) is 1. The van der Waals surface area contributed by atoms with Gasteiger partial charge < -0.3 is 10.4 Å². The van der Waals surface area contributed by atoms with Crippen LogP contribution in [0.2, 0.25) is 0 Å². The zero-order valence-electron chi connectivity index (χ0n) is 18.8. The Bertz CT molecular complexity index is 1140. The van der Waals surface area contributed by atoms with Crippen LogP contribution in [0.25, 0.3) is 0 Å². The van der Waals surface area contributed by atoms with Crippen molar-refractivity contribution in [1.82, 2.24) is 5.32 Å². The number of benzene rings is 3. The van der Waals surface area contributed by atoms with E-state index in [4.69, 9.17) is 0 Å². The number of carboxylic acids is 1. The maximum absolute atomic E-state index is 13.1. The van der Waals surface area contributed by atoms with Gasteiger partial charge >= 0.3 is 5.97 Å². The number of amides is 1. The van der Waals surface area contributed by atoms with E-state index in [1.807, 2.05) is 30.3 Å². The van der Waals surface area contributed by atoms with Crippen molar-refractivity contribution in [3.05, 3.63) is 108 Å². The smallest absolute Gasteiger partial charge is 0.326 e. The zero-order chi connectivity index (χ0) is 25.0. The molecule has 0 saturated carbocycles. The number of hydrogen-bond acceptors (Lipinski definition) is 6. The fourth-order valence-corrected chi connectivity index (χ4v) is 5.16. The van der Waals surface area contributed by atoms with Crippen molar-refractivity contribution in [2.45, 2.75) is 24.1 Å². The van der Waals surface area contributed by atoms with Crippen molar-refractivity contribution < 1.29 is 24.3 Å². The minimum absolute atomic E-state index is 0.0217. The lowest BCUT2D eigenvalue weighted by molar-refractivity contribution is -0.141. The van der Waals surface area contributed by atoms with Crippen molar-refractivity contribution in [3.8, 4) is 0 Å². The Morgan fingerprint density at radius 2 is 1.26 bits per heavy atom. The molecule has 2 N–H and O–H groups in total. The van der Waals surface area contributed by atoms with E-state index in [1.54, 1.807) is 60.7 Å². The molecule has 1 amide bonds. The zero-order valence-corrected chi connectivity index (χ0v) is 20.5. The normalized spacial score (nSPS) is 12.3. The van der Waals surface area contributed by atoms with E-state index in [0.717, 1.165) is 29.1 Å². The Morgan fingerprint density at radius 3 is 1.80 bits per heavy atom. The highest BCUT2D eigenvalue weighted by molar-refractivity contribution is 8.18. The van der Waals surface area contributed by atoms with Gasteiger partial charge in [-0.25, -0.2) is 4.79 Å². The summed E-state index contributed by atoms with van der Waals surface area (Å²) >= 11 is 1.72. The molecule has 0 aliphatic rings. The summed E-state index contributed by atoms with van der Waals surface area (Å²) in [6, 6.07) is 25.4. The molecule has 0 fully saturated rings. The summed E-state index contributed by atoms with van der Waals surface area (Å²) in [5.74, 6) is -1.72. The fourth-order valence-electron chi connectivity index (χ4n) is 3.22. The molecule has 3 rings (SSSR count). The second-order valence-corrected chi connectivity index (χ2v) is 9.82. The van der Waals surface area contributed by atoms with Crippen molar-refractivity contribution in [2.24, 2.45) is 0 Å². The molecular weight excluding hydrogens is 482 g/mol. The van der Waals surface area contributed by atoms with Gasteiger partial charge in [0, 0.05) is 16.9 Å². The molecule has 0 aliphatic heterocycles. The number of rotatable bonds is 11. The number of nitrogens with one attached hydrogen (secondary N) is 1. The highest BCUT2D eigenvalue weighted by Crippen LogP contribution is 2.24. The van der Waals surface area contributed by atoms with Gasteiger partial charge in [-0.05, 0) is 18.4 Å². The maximum atomic E-state index is 13.1. The van der Waals surface area contributed by atoms with Gasteiger partial charge in [0.05, 0.1) is 0 Å². The van der Waals surface area contributed by atoms with Crippen LogP contribution >= 0.6 is 23.5 Å². The summed E-state index contributed by atoms with van der Waals surface area (Å²) in [4.78, 5) is 50.3. The van der Waals surface area contributed by atoms with E-state index >= 15 is 0 Å². The molecule has 35 heavy (non-hydrogen) atoms. The van der Waals surface area contributed by atoms with Gasteiger partial charge in [-0.1, -0.05) is 115 Å². The first-order chi connectivity index (χ1) is 16.9. The molecule has 0 spiro atoms. The van der Waals surface area contributed by atoms with Crippen LogP contribution in [0.15, 0.2) is 91.0 Å². The Hall–Kier alpha value is -3.36. The van der Waals surface area contributed by atoms with E-state index < -0.39 is 23.2 Å². The molecule has 6 nitrogen and oxygen atoms in total. The van der Waals surface area contributed by atoms with Gasteiger partial charge in [0.15, 0.2) is 0 Å². The number of carbonyl (C=O) groups is 4. The van der Waals surface area contributed by atoms with Crippen molar-refractivity contribution >= 4 is 45.6 Å². The standard InChI is InChI=1S/C27H25NO5S2/c29-24(28-22(25(30)31)17-16-19-10-4-1-5-11-19)23(35-27(33)21-14-8-3-9-15-21)18-34-26(32)20-12-6-2-7-13-20/h1-15,22-23H,16-18H2,(H,28,29)(H,30,31). The SMILES string of the molecule is O=C(SCC(SC(=O)c1ccccc1)C(=O)NC(CCc1ccccc1)C(=O)O)c1ccccc1. The lowest BCUT2D eigenvalue weighted by Crippen LogP contribution is -2.46. The van der Waals surface area contributed by atoms with Crippen LogP contribution < -0.4 is 5.32 Å². The number of hydrogen-bond donors (Lipinski definition) is 2. The Labute approximate surface area is 212 Å². The summed E-state index contributed by atoms with van der Waals surface area (Å²) in [5, 5.41) is 10.7. The van der Waals surface area contributed by atoms with E-state index in [2.05, 4.69) is 5.32 Å². The molecule has 3 aromatic rings. The molecule has 0 bridgehead atoms. The predicted molar refractivity (Wildman–Crippen MR) is 140 cm³/mol. The Balaban J connectivity index is 1.69. The molecule has 0 radical (unpaired) electrons. The highest BCUT2D eigenvalue weighted by atomic mass is 32.2. The van der Waals surface area contributed by atoms with Crippen LogP contribution in [0.3, 0.4) is 0 Å². The van der Waals surface area contributed by atoms with Gasteiger partial charge in [-0.15, -0.1) is 0 Å². The van der Waals surface area contributed by atoms with Gasteiger partial charge in [0.25, 0.3) is 0 Å². The first kappa shape index (κ1) is 26.2. The largest absolute Gasteiger partial charge is 0.480 e. The lowest BCUT2D eigenvalue weighted by atomic mass is 10.1. The minimum atomic E-state index is -1.15. The minimum Gasteiger partial charge on any atom is -0.480 e. The number of aryl methyl sites for hydroxylation is 1. The first-order valence-electron chi connectivity index (χ1n) is 11.0. The first-order valence-corrected chi connectivity index (χ1v) is 12.9. The third-order valence-corrected chi connectivity index (χ3v) is 7.43. The second-order valence-electron chi connectivity index (χ2n) is 7.65. The Kier molecular flexibility index (Phi) is 10.1. The molecular formula is C27H25NO5S2. The van der Waals surface area contributed by atoms with E-state index in [9.17, 15) is 24.3 Å². The van der Waals surface area contributed by atoms with Crippen LogP contribution in [0, 0.1) is 0 Å². The molecule has 3 aromatic carbocycles. The lowest BCUT2D eigenvalue weighted by Gasteiger charge is -2.19. The number of thioether (sulfide) groups is 2. The topological polar surface area (TPSA) is 101 Å². The quantitative estimate of drug-likeness (QED) is 0.388. The Morgan fingerprint density at radius 1 is 0.743 bits per heavy atom. The van der Waals surface area contributed by atoms with E-state index in [0.29, 0.717) is 17.5 Å². The third-order valence-electron chi connectivity index (χ3n) is 5.11. The number of aliphatic carboxylic acids is 1. The summed E-state index contributed by atoms with van der Waals surface area (Å²) in [7, 11) is 0. The maximum Gasteiger partial charge on any atom is 0.326 e. The summed E-state index contributed by atoms with van der Waals surface area (Å²) in [6.07, 6.45) is 0.672. The fraction of sp³-hybridized carbons (Fsp3) is 0.185. The molecule has 0 heterocycles. The van der Waals surface area contributed by atoms with Crippen LogP contribution in [0.1, 0.15) is 32.7 Å². The number of carbonyl (C=O) groups excluding carboxylic acids is 3. The third kappa shape index (κ3) is 8.42. The molecule has 2 unspecified atom stereocenters. The molecule has 8 heteroatoms. The van der Waals surface area contributed by atoms with Crippen LogP contribution in [-0.2, 0) is 16.0 Å². The van der Waals surface area contributed by atoms with E-state index in [1.165, 1.54) is 0 Å². The predicted octanol–water partition coefficient (Wildman–Crippen LogP) is 4.70. The van der Waals surface area contributed by atoms with Crippen molar-refractivity contribution in [3.63, 3.8) is 0 Å². The summed E-state index contributed by atoms with van der Waals surface area (Å²) in [6.45, 7) is 0. The molecule has 0 aliphatic carbocycles. The van der Waals surface area contributed by atoms with Gasteiger partial charge in [-0.3, -0.25) is 14.4 Å². The molecule has 180 valence electrons. The van der Waals surface area contributed by atoms with Gasteiger partial charge in [-0.2, -0.15) is 0 Å². The van der Waals surface area contributed by atoms with Crippen molar-refractivity contribution in [2.75, 3.05) is 5.75 Å². The van der Waals surface area contributed by atoms with Crippen LogP contribution in [0.5, 0.6) is 0 Å². The van der Waals surface area contributed by atoms with Crippen LogP contribution in [0.4, 0.5) is 0 Å². The highest BCUT2D eigenvalue weighted by Gasteiger charge is 2.29. The van der Waals surface area contributed by atoms with Gasteiger partial charge in [0.2, 0.25) is 16.1 Å². The molecule has 0 aromatic heterocycles. The second kappa shape index (κ2) is 13.5. The van der Waals surface area contributed by atoms with E-state index in [-0.39, 0.29) is 22.4 Å². The summed E-state index contributed by atoms with van der Waals surface area (Å²) < 4.78 is 0.